The molecule has 0 amide bonds. The van der Waals surface area contributed by atoms with E-state index in [1.165, 1.54) is 7.11 Å². The minimum atomic E-state index is -3.33. The Morgan fingerprint density at radius 3 is 3.06 bits per heavy atom. The second-order valence-corrected chi connectivity index (χ2v) is 6.12. The van der Waals surface area contributed by atoms with Gasteiger partial charge in [0.1, 0.15) is 0 Å². The number of ether oxygens (including phenoxy) is 1. The Morgan fingerprint density at radius 1 is 1.44 bits per heavy atom. The second-order valence-electron chi connectivity index (χ2n) is 4.28. The van der Waals surface area contributed by atoms with Crippen LogP contribution < -0.4 is 10.0 Å². The molecule has 0 bridgehead atoms. The van der Waals surface area contributed by atoms with Gasteiger partial charge in [-0.25, -0.2) is 8.42 Å². The van der Waals surface area contributed by atoms with Gasteiger partial charge in [0, 0.05) is 19.3 Å². The predicted octanol–water partition coefficient (Wildman–Crippen LogP) is 1.43. The molecule has 0 unspecified atom stereocenters. The summed E-state index contributed by atoms with van der Waals surface area (Å²) in [6.07, 6.45) is 1.91. The fourth-order valence-electron chi connectivity index (χ4n) is 2.02. The summed E-state index contributed by atoms with van der Waals surface area (Å²) in [5.41, 5.74) is 2.74. The maximum Gasteiger partial charge on any atom is 0.235 e. The molecule has 0 fully saturated rings. The lowest BCUT2D eigenvalue weighted by Crippen LogP contribution is -2.22. The van der Waals surface area contributed by atoms with Crippen molar-refractivity contribution in [1.82, 2.24) is 0 Å². The van der Waals surface area contributed by atoms with Crippen LogP contribution in [0.5, 0.6) is 0 Å². The SMILES string of the molecule is COCCS(=O)(=O)Nc1cccc2c1CCCN2. The van der Waals surface area contributed by atoms with Crippen molar-refractivity contribution < 1.29 is 13.2 Å². The van der Waals surface area contributed by atoms with Crippen LogP contribution in [0.2, 0.25) is 0 Å². The Labute approximate surface area is 108 Å². The molecular weight excluding hydrogens is 252 g/mol. The number of benzene rings is 1. The van der Waals surface area contributed by atoms with Crippen molar-refractivity contribution in [3.63, 3.8) is 0 Å². The Balaban J connectivity index is 2.19. The van der Waals surface area contributed by atoms with Crippen molar-refractivity contribution in [2.24, 2.45) is 0 Å². The van der Waals surface area contributed by atoms with Crippen molar-refractivity contribution >= 4 is 21.4 Å². The van der Waals surface area contributed by atoms with Crippen molar-refractivity contribution in [1.29, 1.82) is 0 Å². The van der Waals surface area contributed by atoms with E-state index in [4.69, 9.17) is 4.74 Å². The van der Waals surface area contributed by atoms with Crippen LogP contribution in [0.4, 0.5) is 11.4 Å². The third kappa shape index (κ3) is 3.14. The van der Waals surface area contributed by atoms with Gasteiger partial charge in [0.15, 0.2) is 0 Å². The van der Waals surface area contributed by atoms with Crippen LogP contribution in [0.15, 0.2) is 18.2 Å². The number of sulfonamides is 1. The zero-order chi connectivity index (χ0) is 13.0. The van der Waals surface area contributed by atoms with E-state index in [0.717, 1.165) is 30.6 Å². The smallest absolute Gasteiger partial charge is 0.235 e. The summed E-state index contributed by atoms with van der Waals surface area (Å²) in [6, 6.07) is 5.63. The van der Waals surface area contributed by atoms with E-state index in [1.54, 1.807) is 6.07 Å². The quantitative estimate of drug-likeness (QED) is 0.849. The molecule has 0 aliphatic carbocycles. The van der Waals surface area contributed by atoms with Gasteiger partial charge < -0.3 is 10.1 Å². The van der Waals surface area contributed by atoms with Crippen LogP contribution in [0, 0.1) is 0 Å². The molecule has 0 atom stereocenters. The molecule has 1 aromatic carbocycles. The molecule has 0 saturated carbocycles. The second kappa shape index (κ2) is 5.58. The van der Waals surface area contributed by atoms with E-state index in [0.29, 0.717) is 5.69 Å². The topological polar surface area (TPSA) is 67.4 Å². The molecule has 1 aliphatic rings. The van der Waals surface area contributed by atoms with Crippen molar-refractivity contribution in [2.75, 3.05) is 36.1 Å². The van der Waals surface area contributed by atoms with Crippen LogP contribution in [-0.4, -0.2) is 34.4 Å². The van der Waals surface area contributed by atoms with Gasteiger partial charge in [-0.2, -0.15) is 0 Å². The number of nitrogens with one attached hydrogen (secondary N) is 2. The molecule has 1 aliphatic heterocycles. The van der Waals surface area contributed by atoms with Crippen molar-refractivity contribution in [3.05, 3.63) is 23.8 Å². The first kappa shape index (κ1) is 13.2. The predicted molar refractivity (Wildman–Crippen MR) is 72.5 cm³/mol. The third-order valence-electron chi connectivity index (χ3n) is 2.92. The molecule has 2 N–H and O–H groups in total. The molecule has 2 rings (SSSR count). The lowest BCUT2D eigenvalue weighted by molar-refractivity contribution is 0.217. The first-order valence-electron chi connectivity index (χ1n) is 5.97. The van der Waals surface area contributed by atoms with Gasteiger partial charge in [-0.05, 0) is 30.5 Å². The van der Waals surface area contributed by atoms with Gasteiger partial charge in [0.2, 0.25) is 10.0 Å². The summed E-state index contributed by atoms with van der Waals surface area (Å²) in [6.45, 7) is 1.13. The lowest BCUT2D eigenvalue weighted by Gasteiger charge is -2.21. The van der Waals surface area contributed by atoms with Gasteiger partial charge in [0.25, 0.3) is 0 Å². The molecule has 100 valence electrons. The number of methoxy groups -OCH3 is 1. The molecular formula is C12H18N2O3S. The van der Waals surface area contributed by atoms with Gasteiger partial charge in [-0.3, -0.25) is 4.72 Å². The normalized spacial score (nSPS) is 14.7. The Morgan fingerprint density at radius 2 is 2.28 bits per heavy atom. The van der Waals surface area contributed by atoms with E-state index in [1.807, 2.05) is 12.1 Å². The fourth-order valence-corrected chi connectivity index (χ4v) is 3.03. The van der Waals surface area contributed by atoms with Crippen molar-refractivity contribution in [3.8, 4) is 0 Å². The summed E-state index contributed by atoms with van der Waals surface area (Å²) in [4.78, 5) is 0. The minimum absolute atomic E-state index is 0.0272. The van der Waals surface area contributed by atoms with Crippen LogP contribution in [0.25, 0.3) is 0 Å². The number of anilines is 2. The van der Waals surface area contributed by atoms with Crippen molar-refractivity contribution in [2.45, 2.75) is 12.8 Å². The molecule has 1 aromatic rings. The minimum Gasteiger partial charge on any atom is -0.385 e. The van der Waals surface area contributed by atoms with Crippen LogP contribution >= 0.6 is 0 Å². The molecule has 5 nitrogen and oxygen atoms in total. The maximum atomic E-state index is 11.8. The molecule has 0 saturated heterocycles. The average Bonchev–Trinajstić information content (AvgIpc) is 2.37. The summed E-state index contributed by atoms with van der Waals surface area (Å²) < 4.78 is 31.1. The zero-order valence-corrected chi connectivity index (χ0v) is 11.2. The average molecular weight is 270 g/mol. The Kier molecular flexibility index (Phi) is 4.08. The summed E-state index contributed by atoms with van der Waals surface area (Å²) in [7, 11) is -1.84. The summed E-state index contributed by atoms with van der Waals surface area (Å²) in [5, 5.41) is 3.27. The molecule has 0 radical (unpaired) electrons. The van der Waals surface area contributed by atoms with E-state index < -0.39 is 10.0 Å². The van der Waals surface area contributed by atoms with E-state index in [2.05, 4.69) is 10.0 Å². The molecule has 0 aromatic heterocycles. The Bertz CT molecular complexity index is 514. The monoisotopic (exact) mass is 270 g/mol. The molecule has 0 spiro atoms. The first-order chi connectivity index (χ1) is 8.62. The first-order valence-corrected chi connectivity index (χ1v) is 7.63. The number of hydrogen-bond donors (Lipinski definition) is 2. The lowest BCUT2D eigenvalue weighted by atomic mass is 10.0. The zero-order valence-electron chi connectivity index (χ0n) is 10.4. The highest BCUT2D eigenvalue weighted by molar-refractivity contribution is 7.92. The van der Waals surface area contributed by atoms with E-state index in [-0.39, 0.29) is 12.4 Å². The number of fused-ring (bicyclic) bond motifs is 1. The standard InChI is InChI=1S/C12H18N2O3S/c1-17-8-9-18(15,16)14-12-6-2-5-11-10(12)4-3-7-13-11/h2,5-6,13-14H,3-4,7-9H2,1H3. The maximum absolute atomic E-state index is 11.8. The van der Waals surface area contributed by atoms with Gasteiger partial charge in [0.05, 0.1) is 18.0 Å². The molecule has 1 heterocycles. The summed E-state index contributed by atoms with van der Waals surface area (Å²) in [5.74, 6) is -0.0272. The van der Waals surface area contributed by atoms with Crippen LogP contribution in [0.3, 0.4) is 0 Å². The fraction of sp³-hybridized carbons (Fsp3) is 0.500. The van der Waals surface area contributed by atoms with Crippen LogP contribution in [0.1, 0.15) is 12.0 Å². The third-order valence-corrected chi connectivity index (χ3v) is 4.15. The highest BCUT2D eigenvalue weighted by Gasteiger charge is 2.16. The largest absolute Gasteiger partial charge is 0.385 e. The molecule has 18 heavy (non-hydrogen) atoms. The van der Waals surface area contributed by atoms with Gasteiger partial charge >= 0.3 is 0 Å². The number of rotatable bonds is 5. The summed E-state index contributed by atoms with van der Waals surface area (Å²) >= 11 is 0. The Hall–Kier alpha value is -1.27. The van der Waals surface area contributed by atoms with E-state index in [9.17, 15) is 8.42 Å². The van der Waals surface area contributed by atoms with Gasteiger partial charge in [-0.1, -0.05) is 6.07 Å². The van der Waals surface area contributed by atoms with Gasteiger partial charge in [-0.15, -0.1) is 0 Å². The van der Waals surface area contributed by atoms with E-state index >= 15 is 0 Å². The highest BCUT2D eigenvalue weighted by Crippen LogP contribution is 2.29. The highest BCUT2D eigenvalue weighted by atomic mass is 32.2. The molecule has 6 heteroatoms. The van der Waals surface area contributed by atoms with Crippen LogP contribution in [-0.2, 0) is 21.2 Å². The number of hydrogen-bond acceptors (Lipinski definition) is 4.